The zero-order valence-electron chi connectivity index (χ0n) is 12.3. The van der Waals surface area contributed by atoms with E-state index in [4.69, 9.17) is 10.8 Å². The van der Waals surface area contributed by atoms with E-state index in [9.17, 15) is 13.2 Å². The van der Waals surface area contributed by atoms with E-state index in [1.54, 1.807) is 20.8 Å². The quantitative estimate of drug-likeness (QED) is 0.639. The number of nitrogens with zero attached hydrogens (tertiary/aromatic N) is 1. The van der Waals surface area contributed by atoms with Crippen molar-refractivity contribution < 1.29 is 18.3 Å². The van der Waals surface area contributed by atoms with E-state index in [0.717, 1.165) is 6.07 Å². The van der Waals surface area contributed by atoms with Crippen LogP contribution in [0.3, 0.4) is 0 Å². The highest BCUT2D eigenvalue weighted by Gasteiger charge is 2.34. The van der Waals surface area contributed by atoms with Crippen LogP contribution >= 0.6 is 0 Å². The molecular formula is C14H20N2O4S. The van der Waals surface area contributed by atoms with Crippen molar-refractivity contribution >= 4 is 21.7 Å². The fourth-order valence-corrected chi connectivity index (χ4v) is 3.74. The largest absolute Gasteiger partial charge is 0.478 e. The molecule has 0 aliphatic rings. The normalized spacial score (nSPS) is 12.4. The number of benzene rings is 1. The Hall–Kier alpha value is -1.86. The number of rotatable bonds is 5. The first-order valence-electron chi connectivity index (χ1n) is 6.28. The van der Waals surface area contributed by atoms with Crippen molar-refractivity contribution in [2.24, 2.45) is 0 Å². The van der Waals surface area contributed by atoms with Crippen molar-refractivity contribution in [2.45, 2.75) is 31.2 Å². The summed E-state index contributed by atoms with van der Waals surface area (Å²) in [6.07, 6.45) is 1.49. The third kappa shape index (κ3) is 3.62. The van der Waals surface area contributed by atoms with E-state index in [0.29, 0.717) is 0 Å². The number of sulfonamides is 1. The van der Waals surface area contributed by atoms with Crippen molar-refractivity contribution in [1.29, 1.82) is 0 Å². The second-order valence-corrected chi connectivity index (χ2v) is 7.38. The number of aromatic carboxylic acids is 1. The lowest BCUT2D eigenvalue weighted by Crippen LogP contribution is -2.45. The Labute approximate surface area is 124 Å². The molecule has 1 rings (SSSR count). The van der Waals surface area contributed by atoms with Gasteiger partial charge in [-0.15, -0.1) is 6.58 Å². The Morgan fingerprint density at radius 1 is 1.43 bits per heavy atom. The van der Waals surface area contributed by atoms with Gasteiger partial charge in [0.05, 0.1) is 11.3 Å². The second-order valence-electron chi connectivity index (χ2n) is 5.55. The molecule has 0 bridgehead atoms. The number of hydrogen-bond donors (Lipinski definition) is 2. The van der Waals surface area contributed by atoms with Crippen LogP contribution in [0.25, 0.3) is 0 Å². The van der Waals surface area contributed by atoms with Crippen molar-refractivity contribution in [2.75, 3.05) is 12.3 Å². The summed E-state index contributed by atoms with van der Waals surface area (Å²) in [6.45, 7) is 8.98. The third-order valence-electron chi connectivity index (χ3n) is 2.87. The lowest BCUT2D eigenvalue weighted by atomic mass is 10.1. The summed E-state index contributed by atoms with van der Waals surface area (Å²) in [5.74, 6) is -1.16. The average molecular weight is 312 g/mol. The molecule has 0 radical (unpaired) electrons. The molecule has 1 aromatic carbocycles. The molecule has 0 heterocycles. The summed E-state index contributed by atoms with van der Waals surface area (Å²) in [6, 6.07) is 3.58. The van der Waals surface area contributed by atoms with Crippen molar-refractivity contribution in [3.63, 3.8) is 0 Å². The number of nitrogen functional groups attached to an aromatic ring is 1. The maximum Gasteiger partial charge on any atom is 0.335 e. The molecule has 0 fully saturated rings. The summed E-state index contributed by atoms with van der Waals surface area (Å²) >= 11 is 0. The van der Waals surface area contributed by atoms with Gasteiger partial charge in [0.15, 0.2) is 0 Å². The molecule has 0 atom stereocenters. The molecule has 0 saturated heterocycles. The molecule has 0 spiro atoms. The molecule has 116 valence electrons. The second kappa shape index (κ2) is 5.87. The first-order chi connectivity index (χ1) is 9.51. The van der Waals surface area contributed by atoms with Crippen LogP contribution < -0.4 is 5.73 Å². The van der Waals surface area contributed by atoms with Crippen LogP contribution in [0.2, 0.25) is 0 Å². The maximum absolute atomic E-state index is 12.7. The Kier molecular flexibility index (Phi) is 4.80. The van der Waals surface area contributed by atoms with Crippen LogP contribution in [0.1, 0.15) is 31.1 Å². The SMILES string of the molecule is C=CCN(C(C)(C)C)S(=O)(=O)c1ccc(C(=O)O)cc1N. The number of hydrogen-bond acceptors (Lipinski definition) is 4. The number of carboxylic acids is 1. The van der Waals surface area contributed by atoms with Crippen LogP contribution in [-0.4, -0.2) is 35.9 Å². The van der Waals surface area contributed by atoms with Gasteiger partial charge in [0.1, 0.15) is 4.90 Å². The van der Waals surface area contributed by atoms with Gasteiger partial charge in [0, 0.05) is 12.1 Å². The molecular weight excluding hydrogens is 292 g/mol. The van der Waals surface area contributed by atoms with Gasteiger partial charge in [-0.2, -0.15) is 4.31 Å². The zero-order valence-corrected chi connectivity index (χ0v) is 13.1. The molecule has 1 aromatic rings. The minimum atomic E-state index is -3.85. The van der Waals surface area contributed by atoms with E-state index >= 15 is 0 Å². The predicted molar refractivity (Wildman–Crippen MR) is 81.7 cm³/mol. The van der Waals surface area contributed by atoms with Crippen LogP contribution in [0.15, 0.2) is 35.7 Å². The number of nitrogens with two attached hydrogens (primary N) is 1. The van der Waals surface area contributed by atoms with Gasteiger partial charge in [0.25, 0.3) is 0 Å². The maximum atomic E-state index is 12.7. The minimum absolute atomic E-state index is 0.0579. The lowest BCUT2D eigenvalue weighted by molar-refractivity contribution is 0.0696. The van der Waals surface area contributed by atoms with E-state index in [-0.39, 0.29) is 22.7 Å². The van der Waals surface area contributed by atoms with Crippen LogP contribution in [0.4, 0.5) is 5.69 Å². The summed E-state index contributed by atoms with van der Waals surface area (Å²) in [5, 5.41) is 8.90. The van der Waals surface area contributed by atoms with Gasteiger partial charge in [-0.1, -0.05) is 6.08 Å². The Bertz CT molecular complexity index is 660. The van der Waals surface area contributed by atoms with E-state index < -0.39 is 21.5 Å². The molecule has 3 N–H and O–H groups in total. The number of carboxylic acid groups (broad SMARTS) is 1. The third-order valence-corrected chi connectivity index (χ3v) is 5.07. The first kappa shape index (κ1) is 17.2. The summed E-state index contributed by atoms with van der Waals surface area (Å²) in [7, 11) is -3.85. The molecule has 7 heteroatoms. The summed E-state index contributed by atoms with van der Waals surface area (Å²) < 4.78 is 26.7. The topological polar surface area (TPSA) is 101 Å². The molecule has 0 aliphatic heterocycles. The van der Waals surface area contributed by atoms with Crippen LogP contribution in [0, 0.1) is 0 Å². The lowest BCUT2D eigenvalue weighted by Gasteiger charge is -2.33. The van der Waals surface area contributed by atoms with Gasteiger partial charge >= 0.3 is 5.97 Å². The number of carbonyl (C=O) groups is 1. The fourth-order valence-electron chi connectivity index (χ4n) is 1.88. The highest BCUT2D eigenvalue weighted by atomic mass is 32.2. The monoisotopic (exact) mass is 312 g/mol. The fraction of sp³-hybridized carbons (Fsp3) is 0.357. The van der Waals surface area contributed by atoms with Gasteiger partial charge in [0.2, 0.25) is 10.0 Å². The van der Waals surface area contributed by atoms with Crippen molar-refractivity contribution in [3.05, 3.63) is 36.4 Å². The molecule has 0 amide bonds. The van der Waals surface area contributed by atoms with Crippen molar-refractivity contribution in [3.8, 4) is 0 Å². The smallest absolute Gasteiger partial charge is 0.335 e. The van der Waals surface area contributed by atoms with Gasteiger partial charge < -0.3 is 10.8 Å². The number of anilines is 1. The zero-order chi connectivity index (χ0) is 16.4. The Balaban J connectivity index is 3.42. The van der Waals surface area contributed by atoms with Gasteiger partial charge in [-0.25, -0.2) is 13.2 Å². The molecule has 0 saturated carbocycles. The van der Waals surface area contributed by atoms with Gasteiger partial charge in [-0.3, -0.25) is 0 Å². The molecule has 0 aliphatic carbocycles. The average Bonchev–Trinajstić information content (AvgIpc) is 2.33. The molecule has 21 heavy (non-hydrogen) atoms. The molecule has 0 aromatic heterocycles. The summed E-state index contributed by atoms with van der Waals surface area (Å²) in [4.78, 5) is 10.8. The van der Waals surface area contributed by atoms with E-state index in [2.05, 4.69) is 6.58 Å². The minimum Gasteiger partial charge on any atom is -0.478 e. The molecule has 6 nitrogen and oxygen atoms in total. The van der Waals surface area contributed by atoms with E-state index in [1.807, 2.05) is 0 Å². The first-order valence-corrected chi connectivity index (χ1v) is 7.72. The molecule has 0 unspecified atom stereocenters. The highest BCUT2D eigenvalue weighted by Crippen LogP contribution is 2.28. The van der Waals surface area contributed by atoms with Gasteiger partial charge in [-0.05, 0) is 39.0 Å². The van der Waals surface area contributed by atoms with Crippen LogP contribution in [0.5, 0.6) is 0 Å². The highest BCUT2D eigenvalue weighted by molar-refractivity contribution is 7.89. The predicted octanol–water partition coefficient (Wildman–Crippen LogP) is 1.94. The standard InChI is InChI=1S/C14H20N2O4S/c1-5-8-16(14(2,3)4)21(19,20)12-7-6-10(13(17)18)9-11(12)15/h5-7,9H,1,8,15H2,2-4H3,(H,17,18). The summed E-state index contributed by atoms with van der Waals surface area (Å²) in [5.41, 5.74) is 4.92. The van der Waals surface area contributed by atoms with Crippen LogP contribution in [-0.2, 0) is 10.0 Å². The van der Waals surface area contributed by atoms with Crippen molar-refractivity contribution in [1.82, 2.24) is 4.31 Å². The van der Waals surface area contributed by atoms with E-state index in [1.165, 1.54) is 22.5 Å². The Morgan fingerprint density at radius 3 is 2.38 bits per heavy atom. The Morgan fingerprint density at radius 2 is 2.00 bits per heavy atom.